The molecule has 2 bridgehead atoms. The van der Waals surface area contributed by atoms with Gasteiger partial charge in [0.25, 0.3) is 0 Å². The lowest BCUT2D eigenvalue weighted by Crippen LogP contribution is -2.80. The second kappa shape index (κ2) is 8.96. The summed E-state index contributed by atoms with van der Waals surface area (Å²) in [6.45, 7) is 9.76. The second-order valence-corrected chi connectivity index (χ2v) is 12.6. The SMILES string of the molecule is CC(=O)OC12COC1C[C@H](C)[C@@]1(C)C(=O)C(O)C3=C(C)C(O)CC(O)(C(OC(=O)c4ccccc4)C21)C3(C)C. The summed E-state index contributed by atoms with van der Waals surface area (Å²) in [5.41, 5.74) is -5.19. The molecule has 0 radical (unpaired) electrons. The lowest BCUT2D eigenvalue weighted by Gasteiger charge is -2.67. The van der Waals surface area contributed by atoms with E-state index in [2.05, 4.69) is 0 Å². The molecule has 1 heterocycles. The number of rotatable bonds is 3. The van der Waals surface area contributed by atoms with Crippen LogP contribution in [0.15, 0.2) is 41.5 Å². The normalized spacial score (nSPS) is 42.7. The molecule has 1 aromatic rings. The molecule has 3 aliphatic carbocycles. The molecule has 5 rings (SSSR count). The number of Topliss-reactive ketones (excluding diaryl/α,β-unsaturated/α-hetero) is 1. The summed E-state index contributed by atoms with van der Waals surface area (Å²) in [5, 5.41) is 35.5. The molecular weight excluding hydrogens is 504 g/mol. The molecule has 39 heavy (non-hydrogen) atoms. The number of aliphatic hydroxyl groups is 3. The number of aliphatic hydroxyl groups excluding tert-OH is 2. The minimum atomic E-state index is -1.95. The number of fused-ring (bicyclic) bond motifs is 5. The highest BCUT2D eigenvalue weighted by atomic mass is 16.6. The Kier molecular flexibility index (Phi) is 6.42. The van der Waals surface area contributed by atoms with Gasteiger partial charge in [-0.05, 0) is 42.5 Å². The predicted octanol–water partition coefficient (Wildman–Crippen LogP) is 2.36. The summed E-state index contributed by atoms with van der Waals surface area (Å²) < 4.78 is 18.1. The Labute approximate surface area is 228 Å². The third-order valence-corrected chi connectivity index (χ3v) is 10.4. The molecule has 9 nitrogen and oxygen atoms in total. The lowest BCUT2D eigenvalue weighted by molar-refractivity contribution is -0.340. The summed E-state index contributed by atoms with van der Waals surface area (Å²) in [7, 11) is 0. The molecule has 0 aromatic heterocycles. The Morgan fingerprint density at radius 1 is 1.10 bits per heavy atom. The summed E-state index contributed by atoms with van der Waals surface area (Å²) in [4.78, 5) is 40.6. The topological polar surface area (TPSA) is 140 Å². The van der Waals surface area contributed by atoms with Crippen molar-refractivity contribution in [3.63, 3.8) is 0 Å². The molecule has 9 heteroatoms. The quantitative estimate of drug-likeness (QED) is 0.388. The molecule has 212 valence electrons. The van der Waals surface area contributed by atoms with Gasteiger partial charge in [-0.2, -0.15) is 0 Å². The fourth-order valence-corrected chi connectivity index (χ4v) is 7.96. The number of hydrogen-bond donors (Lipinski definition) is 3. The zero-order chi connectivity index (χ0) is 28.7. The molecular formula is C30H38O9. The van der Waals surface area contributed by atoms with E-state index in [4.69, 9.17) is 14.2 Å². The van der Waals surface area contributed by atoms with Gasteiger partial charge in [-0.1, -0.05) is 45.9 Å². The van der Waals surface area contributed by atoms with Crippen molar-refractivity contribution in [1.82, 2.24) is 0 Å². The number of benzene rings is 1. The van der Waals surface area contributed by atoms with Crippen LogP contribution in [0.5, 0.6) is 0 Å². The van der Waals surface area contributed by atoms with E-state index in [9.17, 15) is 29.7 Å². The first-order valence-electron chi connectivity index (χ1n) is 13.5. The van der Waals surface area contributed by atoms with E-state index in [1.54, 1.807) is 58.0 Å². The van der Waals surface area contributed by atoms with Crippen molar-refractivity contribution in [2.24, 2.45) is 22.7 Å². The van der Waals surface area contributed by atoms with Crippen LogP contribution in [0, 0.1) is 22.7 Å². The van der Waals surface area contributed by atoms with E-state index in [-0.39, 0.29) is 24.2 Å². The standard InChI is InChI=1S/C30H38O9/c1-15-12-20-29(14-37-20,39-17(3)31)23-25(38-26(35)18-10-8-7-9-11-18)30(36)13-19(32)16(2)21(27(30,4)5)22(33)24(34)28(15,23)6/h7-11,15,19-20,22-23,25,32-33,36H,12-14H2,1-6H3/t15-,19?,20?,22?,23?,25?,28+,29?,30?/m0/s1. The van der Waals surface area contributed by atoms with Gasteiger partial charge in [0.15, 0.2) is 11.4 Å². The van der Waals surface area contributed by atoms with Crippen molar-refractivity contribution in [2.75, 3.05) is 6.61 Å². The van der Waals surface area contributed by atoms with Crippen LogP contribution in [0.4, 0.5) is 0 Å². The van der Waals surface area contributed by atoms with Crippen LogP contribution < -0.4 is 0 Å². The summed E-state index contributed by atoms with van der Waals surface area (Å²) in [5.74, 6) is -3.34. The van der Waals surface area contributed by atoms with Crippen molar-refractivity contribution in [2.45, 2.75) is 90.0 Å². The maximum absolute atomic E-state index is 14.4. The van der Waals surface area contributed by atoms with Crippen LogP contribution in [0.3, 0.4) is 0 Å². The van der Waals surface area contributed by atoms with Crippen molar-refractivity contribution in [1.29, 1.82) is 0 Å². The van der Waals surface area contributed by atoms with Crippen molar-refractivity contribution in [3.8, 4) is 0 Å². The predicted molar refractivity (Wildman–Crippen MR) is 138 cm³/mol. The van der Waals surface area contributed by atoms with Crippen LogP contribution >= 0.6 is 0 Å². The number of ketones is 1. The Balaban J connectivity index is 1.81. The van der Waals surface area contributed by atoms with Crippen LogP contribution in [0.2, 0.25) is 0 Å². The van der Waals surface area contributed by atoms with Crippen LogP contribution in [0.1, 0.15) is 64.7 Å². The highest BCUT2D eigenvalue weighted by molar-refractivity contribution is 5.93. The van der Waals surface area contributed by atoms with Gasteiger partial charge < -0.3 is 29.5 Å². The lowest BCUT2D eigenvalue weighted by atomic mass is 9.43. The van der Waals surface area contributed by atoms with E-state index in [1.807, 2.05) is 6.92 Å². The van der Waals surface area contributed by atoms with Gasteiger partial charge in [0, 0.05) is 24.2 Å². The smallest absolute Gasteiger partial charge is 0.338 e. The van der Waals surface area contributed by atoms with Gasteiger partial charge in [0.1, 0.15) is 23.9 Å². The monoisotopic (exact) mass is 542 g/mol. The first-order chi connectivity index (χ1) is 18.1. The molecule has 1 aromatic carbocycles. The summed E-state index contributed by atoms with van der Waals surface area (Å²) in [6, 6.07) is 8.29. The highest BCUT2D eigenvalue weighted by Gasteiger charge is 2.77. The van der Waals surface area contributed by atoms with E-state index in [1.165, 1.54) is 6.92 Å². The first-order valence-corrected chi connectivity index (χ1v) is 13.5. The maximum atomic E-state index is 14.4. The zero-order valence-electron chi connectivity index (χ0n) is 23.3. The first kappa shape index (κ1) is 28.0. The molecule has 0 spiro atoms. The van der Waals surface area contributed by atoms with Gasteiger partial charge in [-0.3, -0.25) is 9.59 Å². The van der Waals surface area contributed by atoms with Gasteiger partial charge in [-0.15, -0.1) is 0 Å². The van der Waals surface area contributed by atoms with E-state index >= 15 is 0 Å². The largest absolute Gasteiger partial charge is 0.455 e. The van der Waals surface area contributed by atoms with Crippen molar-refractivity contribution >= 4 is 17.7 Å². The molecule has 2 saturated carbocycles. The minimum absolute atomic E-state index is 0.0617. The number of ether oxygens (including phenoxy) is 3. The molecule has 0 amide bonds. The number of esters is 2. The molecule has 1 aliphatic heterocycles. The van der Waals surface area contributed by atoms with Gasteiger partial charge >= 0.3 is 11.9 Å². The Morgan fingerprint density at radius 2 is 1.74 bits per heavy atom. The zero-order valence-corrected chi connectivity index (χ0v) is 23.3. The molecule has 7 unspecified atom stereocenters. The van der Waals surface area contributed by atoms with E-state index < -0.39 is 76.0 Å². The van der Waals surface area contributed by atoms with Crippen molar-refractivity contribution in [3.05, 3.63) is 47.0 Å². The van der Waals surface area contributed by atoms with Gasteiger partial charge in [-0.25, -0.2) is 4.79 Å². The molecule has 3 fully saturated rings. The van der Waals surface area contributed by atoms with Crippen LogP contribution in [0.25, 0.3) is 0 Å². The molecule has 3 N–H and O–H groups in total. The summed E-state index contributed by atoms with van der Waals surface area (Å²) in [6.07, 6.45) is -4.70. The van der Waals surface area contributed by atoms with Crippen LogP contribution in [-0.4, -0.2) is 75.3 Å². The fraction of sp³-hybridized carbons (Fsp3) is 0.633. The summed E-state index contributed by atoms with van der Waals surface area (Å²) >= 11 is 0. The number of hydrogen-bond acceptors (Lipinski definition) is 9. The second-order valence-electron chi connectivity index (χ2n) is 12.6. The van der Waals surface area contributed by atoms with E-state index in [0.717, 1.165) is 0 Å². The number of carbonyl (C=O) groups excluding carboxylic acids is 3. The average Bonchev–Trinajstić information content (AvgIpc) is 2.87. The third kappa shape index (κ3) is 3.63. The Bertz CT molecular complexity index is 1240. The molecule has 4 aliphatic rings. The van der Waals surface area contributed by atoms with Crippen molar-refractivity contribution < 1.29 is 43.9 Å². The molecule has 9 atom stereocenters. The van der Waals surface area contributed by atoms with E-state index in [0.29, 0.717) is 12.0 Å². The maximum Gasteiger partial charge on any atom is 0.338 e. The fourth-order valence-electron chi connectivity index (χ4n) is 7.96. The Morgan fingerprint density at radius 3 is 2.31 bits per heavy atom. The highest BCUT2D eigenvalue weighted by Crippen LogP contribution is 2.65. The van der Waals surface area contributed by atoms with Crippen LogP contribution in [-0.2, 0) is 23.8 Å². The number of carbonyl (C=O) groups is 3. The minimum Gasteiger partial charge on any atom is -0.455 e. The third-order valence-electron chi connectivity index (χ3n) is 10.4. The van der Waals surface area contributed by atoms with Gasteiger partial charge in [0.2, 0.25) is 0 Å². The average molecular weight is 543 g/mol. The van der Waals surface area contributed by atoms with Gasteiger partial charge in [0.05, 0.1) is 24.2 Å². The Hall–Kier alpha value is -2.59. The molecule has 1 saturated heterocycles.